The lowest BCUT2D eigenvalue weighted by atomic mass is 9.91. The van der Waals surface area contributed by atoms with Crippen LogP contribution in [0.2, 0.25) is 0 Å². The lowest BCUT2D eigenvalue weighted by Gasteiger charge is -2.24. The van der Waals surface area contributed by atoms with Crippen molar-refractivity contribution in [1.29, 1.82) is 0 Å². The van der Waals surface area contributed by atoms with Crippen LogP contribution in [-0.4, -0.2) is 32.1 Å². The van der Waals surface area contributed by atoms with Gasteiger partial charge in [-0.1, -0.05) is 91.0 Å². The Hall–Kier alpha value is -4.42. The monoisotopic (exact) mass is 506 g/mol. The minimum absolute atomic E-state index is 0.0684. The van der Waals surface area contributed by atoms with Crippen molar-refractivity contribution in [1.82, 2.24) is 0 Å². The van der Waals surface area contributed by atoms with Gasteiger partial charge in [0.05, 0.1) is 5.92 Å². The maximum atomic E-state index is 13.7. The van der Waals surface area contributed by atoms with Crippen LogP contribution in [0.15, 0.2) is 91.0 Å². The third-order valence-corrected chi connectivity index (χ3v) is 7.25. The second-order valence-electron chi connectivity index (χ2n) is 9.38. The normalized spacial score (nSPS) is 13.6. The number of hydrogen-bond donors (Lipinski definition) is 0. The molecule has 0 fully saturated rings. The highest BCUT2D eigenvalue weighted by atomic mass is 16.8. The van der Waals surface area contributed by atoms with Crippen LogP contribution in [0.25, 0.3) is 22.3 Å². The number of carbonyl (C=O) groups is 2. The van der Waals surface area contributed by atoms with Crippen molar-refractivity contribution in [2.75, 3.05) is 13.9 Å². The molecule has 0 spiro atoms. The summed E-state index contributed by atoms with van der Waals surface area (Å²) in [6, 6.07) is 30.0. The van der Waals surface area contributed by atoms with Gasteiger partial charge >= 0.3 is 12.1 Å². The van der Waals surface area contributed by atoms with Gasteiger partial charge in [0.1, 0.15) is 6.61 Å². The summed E-state index contributed by atoms with van der Waals surface area (Å²) in [6.07, 6.45) is -1.45. The second-order valence-corrected chi connectivity index (χ2v) is 9.38. The summed E-state index contributed by atoms with van der Waals surface area (Å²) in [7, 11) is 1.40. The van der Waals surface area contributed by atoms with E-state index < -0.39 is 24.1 Å². The number of fused-ring (bicyclic) bond motifs is 6. The van der Waals surface area contributed by atoms with Crippen molar-refractivity contribution < 1.29 is 28.5 Å². The van der Waals surface area contributed by atoms with Gasteiger partial charge in [0.15, 0.2) is 6.79 Å². The fourth-order valence-corrected chi connectivity index (χ4v) is 5.61. The van der Waals surface area contributed by atoms with E-state index in [0.29, 0.717) is 0 Å². The van der Waals surface area contributed by atoms with Crippen molar-refractivity contribution >= 4 is 12.1 Å². The Kier molecular flexibility index (Phi) is 6.40. The first-order valence-electron chi connectivity index (χ1n) is 12.5. The van der Waals surface area contributed by atoms with Crippen molar-refractivity contribution in [3.05, 3.63) is 119 Å². The van der Waals surface area contributed by atoms with Crippen LogP contribution in [0.4, 0.5) is 4.79 Å². The third kappa shape index (κ3) is 4.23. The van der Waals surface area contributed by atoms with E-state index in [-0.39, 0.29) is 13.4 Å². The first-order chi connectivity index (χ1) is 18.7. The fourth-order valence-electron chi connectivity index (χ4n) is 5.61. The lowest BCUT2D eigenvalue weighted by molar-refractivity contribution is -0.158. The van der Waals surface area contributed by atoms with E-state index in [0.717, 1.165) is 45.4 Å². The molecule has 6 rings (SSSR count). The Morgan fingerprint density at radius 1 is 0.763 bits per heavy atom. The van der Waals surface area contributed by atoms with Gasteiger partial charge < -0.3 is 18.9 Å². The van der Waals surface area contributed by atoms with Gasteiger partial charge in [-0.05, 0) is 56.5 Å². The second kappa shape index (κ2) is 10.1. The van der Waals surface area contributed by atoms with E-state index in [2.05, 4.69) is 18.2 Å². The molecule has 2 aliphatic rings. The van der Waals surface area contributed by atoms with Gasteiger partial charge in [-0.15, -0.1) is 0 Å². The zero-order valence-corrected chi connectivity index (χ0v) is 20.9. The summed E-state index contributed by atoms with van der Waals surface area (Å²) in [5, 5.41) is 0. The number of methoxy groups -OCH3 is 1. The van der Waals surface area contributed by atoms with E-state index in [9.17, 15) is 9.59 Å². The quantitative estimate of drug-likeness (QED) is 0.192. The molecule has 0 saturated carbocycles. The molecule has 0 aliphatic heterocycles. The van der Waals surface area contributed by atoms with Crippen LogP contribution < -0.4 is 0 Å². The first kappa shape index (κ1) is 23.9. The molecule has 6 nitrogen and oxygen atoms in total. The minimum Gasteiger partial charge on any atom is -0.458 e. The van der Waals surface area contributed by atoms with E-state index in [4.69, 9.17) is 18.9 Å². The number of hydrogen-bond acceptors (Lipinski definition) is 6. The highest BCUT2D eigenvalue weighted by Gasteiger charge is 2.42. The van der Waals surface area contributed by atoms with Crippen molar-refractivity contribution in [3.8, 4) is 22.3 Å². The Bertz CT molecular complexity index is 1480. The highest BCUT2D eigenvalue weighted by Crippen LogP contribution is 2.47. The Labute approximate surface area is 220 Å². The van der Waals surface area contributed by atoms with Crippen LogP contribution in [0.5, 0.6) is 0 Å². The molecule has 0 aromatic heterocycles. The zero-order valence-electron chi connectivity index (χ0n) is 20.9. The number of rotatable bonds is 7. The molecule has 4 aromatic rings. The molecule has 1 unspecified atom stereocenters. The average molecular weight is 507 g/mol. The number of ether oxygens (including phenoxy) is 4. The Morgan fingerprint density at radius 2 is 1.39 bits per heavy atom. The smallest absolute Gasteiger partial charge is 0.458 e. The molecule has 1 atom stereocenters. The molecule has 190 valence electrons. The fraction of sp³-hybridized carbons (Fsp3) is 0.188. The predicted octanol–water partition coefficient (Wildman–Crippen LogP) is 6.24. The molecule has 38 heavy (non-hydrogen) atoms. The summed E-state index contributed by atoms with van der Waals surface area (Å²) < 4.78 is 21.3. The molecule has 0 N–H and O–H groups in total. The largest absolute Gasteiger partial charge is 0.511 e. The summed E-state index contributed by atoms with van der Waals surface area (Å²) in [6.45, 7) is -0.214. The molecular weight excluding hydrogens is 480 g/mol. The molecule has 2 aliphatic carbocycles. The summed E-state index contributed by atoms with van der Waals surface area (Å²) in [4.78, 5) is 26.2. The molecule has 4 aromatic carbocycles. The molecule has 6 heteroatoms. The third-order valence-electron chi connectivity index (χ3n) is 7.25. The first-order valence-corrected chi connectivity index (χ1v) is 12.5. The van der Waals surface area contributed by atoms with Gasteiger partial charge in [0.25, 0.3) is 0 Å². The van der Waals surface area contributed by atoms with Crippen LogP contribution in [0.1, 0.15) is 33.7 Å². The van der Waals surface area contributed by atoms with Crippen molar-refractivity contribution in [2.45, 2.75) is 25.0 Å². The maximum absolute atomic E-state index is 13.7. The van der Waals surface area contributed by atoms with Crippen LogP contribution >= 0.6 is 0 Å². The molecule has 0 radical (unpaired) electrons. The molecule has 0 saturated heterocycles. The van der Waals surface area contributed by atoms with Crippen LogP contribution in [0.3, 0.4) is 0 Å². The molecule has 0 bridgehead atoms. The van der Waals surface area contributed by atoms with Crippen molar-refractivity contribution in [3.63, 3.8) is 0 Å². The zero-order chi connectivity index (χ0) is 26.1. The van der Waals surface area contributed by atoms with E-state index >= 15 is 0 Å². The van der Waals surface area contributed by atoms with Gasteiger partial charge in [0.2, 0.25) is 6.10 Å². The van der Waals surface area contributed by atoms with Gasteiger partial charge in [-0.3, -0.25) is 0 Å². The number of carbonyl (C=O) groups excluding carboxylic acids is 2. The number of benzene rings is 4. The van der Waals surface area contributed by atoms with Gasteiger partial charge in [-0.2, -0.15) is 0 Å². The predicted molar refractivity (Wildman–Crippen MR) is 141 cm³/mol. The van der Waals surface area contributed by atoms with E-state index in [1.165, 1.54) is 18.2 Å². The van der Waals surface area contributed by atoms with Gasteiger partial charge in [-0.25, -0.2) is 9.59 Å². The lowest BCUT2D eigenvalue weighted by Crippen LogP contribution is -2.35. The van der Waals surface area contributed by atoms with E-state index in [1.807, 2.05) is 72.8 Å². The van der Waals surface area contributed by atoms with Crippen molar-refractivity contribution in [2.24, 2.45) is 0 Å². The Morgan fingerprint density at radius 3 is 2.11 bits per heavy atom. The highest BCUT2D eigenvalue weighted by molar-refractivity contribution is 5.86. The van der Waals surface area contributed by atoms with Crippen LogP contribution in [0, 0.1) is 0 Å². The number of esters is 1. The summed E-state index contributed by atoms with van der Waals surface area (Å²) >= 11 is 0. The standard InChI is InChI=1S/C32H26O6/c1-35-19-37-32(34)38-30(29-26-14-6-4-12-24(26)25-13-5-7-15-27(25)29)31(33)36-18-21-10-8-16-23-22-11-3-2-9-20(22)17-28(21)23/h2-16,29-30H,17-19H2,1H3. The van der Waals surface area contributed by atoms with Crippen LogP contribution in [-0.2, 0) is 36.8 Å². The minimum atomic E-state index is -1.24. The summed E-state index contributed by atoms with van der Waals surface area (Å²) in [5.41, 5.74) is 9.48. The summed E-state index contributed by atoms with van der Waals surface area (Å²) in [5.74, 6) is -1.17. The molecule has 0 amide bonds. The maximum Gasteiger partial charge on any atom is 0.511 e. The average Bonchev–Trinajstić information content (AvgIpc) is 3.50. The Balaban J connectivity index is 1.30. The topological polar surface area (TPSA) is 71.1 Å². The molecular formula is C32H26O6. The molecule has 0 heterocycles. The van der Waals surface area contributed by atoms with E-state index in [1.54, 1.807) is 0 Å². The SMILES string of the molecule is COCOC(=O)OC(C(=O)OCc1cccc2c1Cc1ccccc1-2)C1c2ccccc2-c2ccccc21. The van der Waals surface area contributed by atoms with Gasteiger partial charge in [0, 0.05) is 7.11 Å².